The van der Waals surface area contributed by atoms with E-state index in [1.807, 2.05) is 22.9 Å². The van der Waals surface area contributed by atoms with Crippen LogP contribution in [-0.2, 0) is 0 Å². The van der Waals surface area contributed by atoms with Crippen molar-refractivity contribution in [3.05, 3.63) is 41.0 Å². The van der Waals surface area contributed by atoms with Gasteiger partial charge in [-0.3, -0.25) is 4.99 Å². The van der Waals surface area contributed by atoms with E-state index in [9.17, 15) is 0 Å². The fourth-order valence-corrected chi connectivity index (χ4v) is 3.62. The lowest BCUT2D eigenvalue weighted by atomic mass is 10.1. The van der Waals surface area contributed by atoms with Crippen LogP contribution < -0.4 is 14.3 Å². The van der Waals surface area contributed by atoms with Crippen molar-refractivity contribution in [1.82, 2.24) is 4.68 Å². The molecule has 1 heterocycles. The molecule has 1 aromatic carbocycles. The first-order chi connectivity index (χ1) is 13.2. The van der Waals surface area contributed by atoms with E-state index >= 15 is 0 Å². The van der Waals surface area contributed by atoms with E-state index in [2.05, 4.69) is 30.8 Å². The SMILES string of the molecule is C=CCN=c1scc(-c2ccc(OC)cc2OC)n1N=C(CCC)CCC. The Morgan fingerprint density at radius 3 is 2.52 bits per heavy atom. The van der Waals surface area contributed by atoms with Crippen LogP contribution in [0.4, 0.5) is 0 Å². The summed E-state index contributed by atoms with van der Waals surface area (Å²) < 4.78 is 12.9. The highest BCUT2D eigenvalue weighted by molar-refractivity contribution is 7.07. The Morgan fingerprint density at radius 2 is 1.93 bits per heavy atom. The van der Waals surface area contributed by atoms with Gasteiger partial charge in [-0.05, 0) is 25.0 Å². The molecule has 1 aromatic heterocycles. The molecule has 0 atom stereocenters. The van der Waals surface area contributed by atoms with Crippen LogP contribution in [0.1, 0.15) is 39.5 Å². The third-order valence-electron chi connectivity index (χ3n) is 4.04. The third-order valence-corrected chi connectivity index (χ3v) is 4.90. The summed E-state index contributed by atoms with van der Waals surface area (Å²) in [6, 6.07) is 5.83. The van der Waals surface area contributed by atoms with E-state index in [1.54, 1.807) is 31.6 Å². The Kier molecular flexibility index (Phi) is 8.33. The van der Waals surface area contributed by atoms with Gasteiger partial charge >= 0.3 is 0 Å². The average molecular weight is 388 g/mol. The van der Waals surface area contributed by atoms with Gasteiger partial charge in [-0.2, -0.15) is 5.10 Å². The van der Waals surface area contributed by atoms with Crippen molar-refractivity contribution in [2.24, 2.45) is 10.1 Å². The van der Waals surface area contributed by atoms with Crippen LogP contribution >= 0.6 is 11.3 Å². The van der Waals surface area contributed by atoms with Crippen molar-refractivity contribution in [2.45, 2.75) is 39.5 Å². The average Bonchev–Trinajstić information content (AvgIpc) is 3.08. The molecule has 0 unspecified atom stereocenters. The number of benzene rings is 1. The first kappa shape index (κ1) is 21.0. The molecule has 0 aliphatic carbocycles. The molecule has 5 nitrogen and oxygen atoms in total. The largest absolute Gasteiger partial charge is 0.497 e. The first-order valence-corrected chi connectivity index (χ1v) is 10.2. The van der Waals surface area contributed by atoms with Gasteiger partial charge in [0, 0.05) is 22.7 Å². The van der Waals surface area contributed by atoms with E-state index in [4.69, 9.17) is 14.6 Å². The highest BCUT2D eigenvalue weighted by Crippen LogP contribution is 2.33. The number of rotatable bonds is 10. The van der Waals surface area contributed by atoms with Crippen LogP contribution in [0.15, 0.2) is 46.3 Å². The zero-order valence-corrected chi connectivity index (χ0v) is 17.5. The van der Waals surface area contributed by atoms with Crippen molar-refractivity contribution < 1.29 is 9.47 Å². The van der Waals surface area contributed by atoms with E-state index in [0.29, 0.717) is 6.54 Å². The van der Waals surface area contributed by atoms with Crippen LogP contribution in [0.3, 0.4) is 0 Å². The van der Waals surface area contributed by atoms with Crippen molar-refractivity contribution in [2.75, 3.05) is 20.8 Å². The maximum absolute atomic E-state index is 5.60. The predicted molar refractivity (Wildman–Crippen MR) is 114 cm³/mol. The second-order valence-corrected chi connectivity index (χ2v) is 6.91. The molecule has 0 aliphatic heterocycles. The minimum Gasteiger partial charge on any atom is -0.497 e. The van der Waals surface area contributed by atoms with Gasteiger partial charge in [-0.15, -0.1) is 17.9 Å². The lowest BCUT2D eigenvalue weighted by Crippen LogP contribution is -2.15. The molecule has 0 spiro atoms. The zero-order valence-electron chi connectivity index (χ0n) is 16.7. The third kappa shape index (κ3) is 5.32. The molecule has 0 amide bonds. The Balaban J connectivity index is 2.66. The van der Waals surface area contributed by atoms with Crippen molar-refractivity contribution >= 4 is 17.0 Å². The smallest absolute Gasteiger partial charge is 0.206 e. The van der Waals surface area contributed by atoms with Crippen LogP contribution in [-0.4, -0.2) is 31.2 Å². The molecule has 0 bridgehead atoms. The Bertz CT molecular complexity index is 841. The Morgan fingerprint density at radius 1 is 1.19 bits per heavy atom. The lowest BCUT2D eigenvalue weighted by molar-refractivity contribution is 0.395. The summed E-state index contributed by atoms with van der Waals surface area (Å²) in [6.07, 6.45) is 5.90. The molecule has 0 saturated carbocycles. The molecule has 0 saturated heterocycles. The van der Waals surface area contributed by atoms with E-state index in [1.165, 1.54) is 5.71 Å². The van der Waals surface area contributed by atoms with Gasteiger partial charge in [-0.25, -0.2) is 4.68 Å². The molecule has 6 heteroatoms. The molecule has 0 N–H and O–H groups in total. The number of hydrogen-bond donors (Lipinski definition) is 0. The number of ether oxygens (including phenoxy) is 2. The molecular formula is C21H29N3O2S. The standard InChI is InChI=1S/C21H29N3O2S/c1-6-9-16(10-7-2)23-24-19(15-27-21(24)22-13-8-3)18-12-11-17(25-4)14-20(18)26-5/h8,11-12,14-15H,3,6-7,9-10,13H2,1-2,4-5H3. The van der Waals surface area contributed by atoms with Crippen molar-refractivity contribution in [3.8, 4) is 22.8 Å². The van der Waals surface area contributed by atoms with Crippen LogP contribution in [0.2, 0.25) is 0 Å². The van der Waals surface area contributed by atoms with Gasteiger partial charge in [0.1, 0.15) is 11.5 Å². The summed E-state index contributed by atoms with van der Waals surface area (Å²) in [5.41, 5.74) is 3.12. The quantitative estimate of drug-likeness (QED) is 0.419. The van der Waals surface area contributed by atoms with Crippen LogP contribution in [0.25, 0.3) is 11.3 Å². The fourth-order valence-electron chi connectivity index (χ4n) is 2.79. The predicted octanol–water partition coefficient (Wildman–Crippen LogP) is 5.12. The Labute approximate surface area is 165 Å². The summed E-state index contributed by atoms with van der Waals surface area (Å²) in [5, 5.41) is 7.05. The molecule has 2 rings (SSSR count). The molecule has 2 aromatic rings. The molecule has 146 valence electrons. The van der Waals surface area contributed by atoms with Gasteiger partial charge < -0.3 is 9.47 Å². The number of hydrogen-bond acceptors (Lipinski definition) is 5. The topological polar surface area (TPSA) is 48.1 Å². The molecule has 0 fully saturated rings. The van der Waals surface area contributed by atoms with E-state index in [-0.39, 0.29) is 0 Å². The fraction of sp³-hybridized carbons (Fsp3) is 0.429. The van der Waals surface area contributed by atoms with E-state index in [0.717, 1.165) is 53.2 Å². The molecule has 0 radical (unpaired) electrons. The van der Waals surface area contributed by atoms with Crippen molar-refractivity contribution in [3.63, 3.8) is 0 Å². The van der Waals surface area contributed by atoms with Crippen LogP contribution in [0, 0.1) is 0 Å². The lowest BCUT2D eigenvalue weighted by Gasteiger charge is -2.12. The summed E-state index contributed by atoms with van der Waals surface area (Å²) in [6.45, 7) is 8.69. The maximum Gasteiger partial charge on any atom is 0.206 e. The summed E-state index contributed by atoms with van der Waals surface area (Å²) in [4.78, 5) is 5.48. The minimum atomic E-state index is 0.562. The summed E-state index contributed by atoms with van der Waals surface area (Å²) >= 11 is 1.57. The normalized spacial score (nSPS) is 11.3. The van der Waals surface area contributed by atoms with Gasteiger partial charge in [0.25, 0.3) is 0 Å². The molecule has 27 heavy (non-hydrogen) atoms. The molecular weight excluding hydrogens is 358 g/mol. The minimum absolute atomic E-state index is 0.562. The van der Waals surface area contributed by atoms with Crippen molar-refractivity contribution in [1.29, 1.82) is 0 Å². The number of methoxy groups -OCH3 is 2. The van der Waals surface area contributed by atoms with Gasteiger partial charge in [0.2, 0.25) is 4.80 Å². The monoisotopic (exact) mass is 387 g/mol. The summed E-state index contributed by atoms with van der Waals surface area (Å²) in [7, 11) is 3.32. The second-order valence-electron chi connectivity index (χ2n) is 6.08. The zero-order chi connectivity index (χ0) is 19.6. The van der Waals surface area contributed by atoms with E-state index < -0.39 is 0 Å². The number of nitrogens with zero attached hydrogens (tertiary/aromatic N) is 3. The van der Waals surface area contributed by atoms with Gasteiger partial charge in [0.15, 0.2) is 0 Å². The van der Waals surface area contributed by atoms with Gasteiger partial charge in [-0.1, -0.05) is 32.8 Å². The van der Waals surface area contributed by atoms with Gasteiger partial charge in [0.05, 0.1) is 26.5 Å². The maximum atomic E-state index is 5.60. The summed E-state index contributed by atoms with van der Waals surface area (Å²) in [5.74, 6) is 1.51. The number of thiazole rings is 1. The highest BCUT2D eigenvalue weighted by atomic mass is 32.1. The Hall–Kier alpha value is -2.34. The number of aromatic nitrogens is 1. The highest BCUT2D eigenvalue weighted by Gasteiger charge is 2.14. The second kappa shape index (κ2) is 10.7. The first-order valence-electron chi connectivity index (χ1n) is 9.29. The van der Waals surface area contributed by atoms with Crippen LogP contribution in [0.5, 0.6) is 11.5 Å². The molecule has 0 aliphatic rings.